The summed E-state index contributed by atoms with van der Waals surface area (Å²) in [6.45, 7) is 3.83. The Labute approximate surface area is 169 Å². The minimum Gasteiger partial charge on any atom is -0.349 e. The van der Waals surface area contributed by atoms with Crippen molar-refractivity contribution in [1.82, 2.24) is 20.3 Å². The predicted molar refractivity (Wildman–Crippen MR) is 115 cm³/mol. The first-order valence-corrected chi connectivity index (χ1v) is 9.46. The number of amides is 1. The molecule has 6 nitrogen and oxygen atoms in total. The molecule has 6 heteroatoms. The van der Waals surface area contributed by atoms with Crippen molar-refractivity contribution in [2.75, 3.05) is 5.32 Å². The first-order valence-electron chi connectivity index (χ1n) is 9.46. The summed E-state index contributed by atoms with van der Waals surface area (Å²) in [6.07, 6.45) is 1.75. The third kappa shape index (κ3) is 4.21. The average Bonchev–Trinajstić information content (AvgIpc) is 2.74. The van der Waals surface area contributed by atoms with Crippen LogP contribution >= 0.6 is 0 Å². The van der Waals surface area contributed by atoms with E-state index in [1.807, 2.05) is 74.5 Å². The molecule has 2 aromatic heterocycles. The fourth-order valence-corrected chi connectivity index (χ4v) is 3.02. The van der Waals surface area contributed by atoms with Crippen molar-refractivity contribution in [3.63, 3.8) is 0 Å². The lowest BCUT2D eigenvalue weighted by molar-refractivity contribution is 0.0938. The number of pyridine rings is 1. The van der Waals surface area contributed by atoms with Crippen LogP contribution in [-0.2, 0) is 0 Å². The van der Waals surface area contributed by atoms with Crippen molar-refractivity contribution in [3.05, 3.63) is 78.6 Å². The SMILES string of the molecule is CC(C)NC(=O)c1cc(Nc2cccc3cccnc23)nc(-c2ccccc2)n1. The zero-order chi connectivity index (χ0) is 20.2. The molecule has 2 aromatic carbocycles. The molecule has 0 aliphatic carbocycles. The van der Waals surface area contributed by atoms with Crippen molar-refractivity contribution in [2.45, 2.75) is 19.9 Å². The van der Waals surface area contributed by atoms with E-state index in [-0.39, 0.29) is 11.9 Å². The van der Waals surface area contributed by atoms with Gasteiger partial charge in [0, 0.05) is 29.3 Å². The summed E-state index contributed by atoms with van der Waals surface area (Å²) >= 11 is 0. The summed E-state index contributed by atoms with van der Waals surface area (Å²) < 4.78 is 0. The van der Waals surface area contributed by atoms with Gasteiger partial charge in [0.25, 0.3) is 5.91 Å². The van der Waals surface area contributed by atoms with E-state index in [2.05, 4.69) is 25.6 Å². The molecule has 4 aromatic rings. The molecule has 29 heavy (non-hydrogen) atoms. The van der Waals surface area contributed by atoms with Crippen LogP contribution in [0.4, 0.5) is 11.5 Å². The van der Waals surface area contributed by atoms with Crippen LogP contribution in [0.25, 0.3) is 22.3 Å². The van der Waals surface area contributed by atoms with E-state index in [0.29, 0.717) is 17.3 Å². The van der Waals surface area contributed by atoms with Crippen molar-refractivity contribution >= 4 is 28.3 Å². The van der Waals surface area contributed by atoms with E-state index < -0.39 is 0 Å². The van der Waals surface area contributed by atoms with Gasteiger partial charge >= 0.3 is 0 Å². The predicted octanol–water partition coefficient (Wildman–Crippen LogP) is 4.57. The van der Waals surface area contributed by atoms with Crippen LogP contribution in [0.5, 0.6) is 0 Å². The monoisotopic (exact) mass is 383 g/mol. The maximum Gasteiger partial charge on any atom is 0.270 e. The second-order valence-electron chi connectivity index (χ2n) is 6.96. The van der Waals surface area contributed by atoms with E-state index in [1.54, 1.807) is 12.3 Å². The summed E-state index contributed by atoms with van der Waals surface area (Å²) in [5, 5.41) is 7.22. The van der Waals surface area contributed by atoms with Crippen LogP contribution in [0.2, 0.25) is 0 Å². The van der Waals surface area contributed by atoms with E-state index in [9.17, 15) is 4.79 Å². The summed E-state index contributed by atoms with van der Waals surface area (Å²) in [4.78, 5) is 26.2. The minimum absolute atomic E-state index is 0.0105. The Morgan fingerprint density at radius 3 is 2.52 bits per heavy atom. The van der Waals surface area contributed by atoms with Gasteiger partial charge < -0.3 is 10.6 Å². The van der Waals surface area contributed by atoms with Gasteiger partial charge in [-0.2, -0.15) is 0 Å². The van der Waals surface area contributed by atoms with E-state index in [4.69, 9.17) is 0 Å². The third-order valence-corrected chi connectivity index (χ3v) is 4.31. The summed E-state index contributed by atoms with van der Waals surface area (Å²) in [6, 6.07) is 21.1. The molecule has 0 bridgehead atoms. The van der Waals surface area contributed by atoms with E-state index >= 15 is 0 Å². The molecule has 0 unspecified atom stereocenters. The molecule has 0 spiro atoms. The van der Waals surface area contributed by atoms with Gasteiger partial charge in [0.2, 0.25) is 0 Å². The molecule has 0 aliphatic rings. The Morgan fingerprint density at radius 2 is 1.72 bits per heavy atom. The van der Waals surface area contributed by atoms with Crippen LogP contribution in [0.3, 0.4) is 0 Å². The number of carbonyl (C=O) groups is 1. The number of nitrogens with zero attached hydrogens (tertiary/aromatic N) is 3. The van der Waals surface area contributed by atoms with Gasteiger partial charge in [0.05, 0.1) is 11.2 Å². The van der Waals surface area contributed by atoms with Crippen molar-refractivity contribution in [1.29, 1.82) is 0 Å². The van der Waals surface area contributed by atoms with Gasteiger partial charge in [0.1, 0.15) is 11.5 Å². The summed E-state index contributed by atoms with van der Waals surface area (Å²) in [7, 11) is 0. The topological polar surface area (TPSA) is 79.8 Å². The molecule has 144 valence electrons. The van der Waals surface area contributed by atoms with Crippen LogP contribution < -0.4 is 10.6 Å². The normalized spacial score (nSPS) is 10.9. The maximum absolute atomic E-state index is 12.6. The van der Waals surface area contributed by atoms with Gasteiger partial charge in [-0.25, -0.2) is 9.97 Å². The molecule has 0 atom stereocenters. The summed E-state index contributed by atoms with van der Waals surface area (Å²) in [5.41, 5.74) is 2.80. The minimum atomic E-state index is -0.237. The largest absolute Gasteiger partial charge is 0.349 e. The quantitative estimate of drug-likeness (QED) is 0.528. The molecule has 0 saturated heterocycles. The lowest BCUT2D eigenvalue weighted by Gasteiger charge is -2.13. The van der Waals surface area contributed by atoms with Gasteiger partial charge in [-0.15, -0.1) is 0 Å². The third-order valence-electron chi connectivity index (χ3n) is 4.31. The van der Waals surface area contributed by atoms with Crippen LogP contribution in [-0.4, -0.2) is 26.9 Å². The fraction of sp³-hybridized carbons (Fsp3) is 0.130. The molecule has 1 amide bonds. The second kappa shape index (κ2) is 8.06. The number of hydrogen-bond acceptors (Lipinski definition) is 5. The Hall–Kier alpha value is -3.80. The Balaban J connectivity index is 1.78. The molecular weight excluding hydrogens is 362 g/mol. The van der Waals surface area contributed by atoms with Crippen LogP contribution in [0, 0.1) is 0 Å². The number of carbonyl (C=O) groups excluding carboxylic acids is 1. The van der Waals surface area contributed by atoms with Crippen molar-refractivity contribution in [3.8, 4) is 11.4 Å². The Bertz CT molecular complexity index is 1150. The number of anilines is 2. The molecule has 0 radical (unpaired) electrons. The molecule has 0 aliphatic heterocycles. The number of hydrogen-bond donors (Lipinski definition) is 2. The molecule has 2 N–H and O–H groups in total. The molecule has 2 heterocycles. The smallest absolute Gasteiger partial charge is 0.270 e. The van der Waals surface area contributed by atoms with Crippen molar-refractivity contribution in [2.24, 2.45) is 0 Å². The summed E-state index contributed by atoms with van der Waals surface area (Å²) in [5.74, 6) is 0.780. The van der Waals surface area contributed by atoms with Crippen molar-refractivity contribution < 1.29 is 4.79 Å². The molecular formula is C23H21N5O. The number of aromatic nitrogens is 3. The second-order valence-corrected chi connectivity index (χ2v) is 6.96. The van der Waals surface area contributed by atoms with Gasteiger partial charge in [-0.3, -0.25) is 9.78 Å². The average molecular weight is 383 g/mol. The van der Waals surface area contributed by atoms with Gasteiger partial charge in [-0.05, 0) is 26.0 Å². The standard InChI is InChI=1S/C23H21N5O/c1-15(2)25-23(29)19-14-20(28-22(27-19)17-8-4-3-5-9-17)26-18-12-6-10-16-11-7-13-24-21(16)18/h3-15H,1-2H3,(H,25,29)(H,26,27,28). The number of para-hydroxylation sites is 1. The lowest BCUT2D eigenvalue weighted by atomic mass is 10.2. The lowest BCUT2D eigenvalue weighted by Crippen LogP contribution is -2.31. The first-order chi connectivity index (χ1) is 14.1. The highest BCUT2D eigenvalue weighted by Gasteiger charge is 2.14. The Morgan fingerprint density at radius 1 is 0.931 bits per heavy atom. The van der Waals surface area contributed by atoms with E-state index in [0.717, 1.165) is 22.2 Å². The molecule has 0 fully saturated rings. The number of rotatable bonds is 5. The highest BCUT2D eigenvalue weighted by molar-refractivity contribution is 5.95. The van der Waals surface area contributed by atoms with Gasteiger partial charge in [-0.1, -0.05) is 48.5 Å². The zero-order valence-electron chi connectivity index (χ0n) is 16.3. The zero-order valence-corrected chi connectivity index (χ0v) is 16.3. The Kier molecular flexibility index (Phi) is 5.16. The number of fused-ring (bicyclic) bond motifs is 1. The van der Waals surface area contributed by atoms with Gasteiger partial charge in [0.15, 0.2) is 5.82 Å². The van der Waals surface area contributed by atoms with Crippen LogP contribution in [0.15, 0.2) is 72.9 Å². The maximum atomic E-state index is 12.6. The molecule has 0 saturated carbocycles. The highest BCUT2D eigenvalue weighted by Crippen LogP contribution is 2.25. The van der Waals surface area contributed by atoms with Crippen LogP contribution in [0.1, 0.15) is 24.3 Å². The van der Waals surface area contributed by atoms with E-state index in [1.165, 1.54) is 0 Å². The number of nitrogens with one attached hydrogen (secondary N) is 2. The number of benzene rings is 2. The first kappa shape index (κ1) is 18.6. The molecule has 4 rings (SSSR count). The highest BCUT2D eigenvalue weighted by atomic mass is 16.1. The fourth-order valence-electron chi connectivity index (χ4n) is 3.02.